The number of aliphatic hydroxyl groups is 1. The molecule has 1 aromatic heterocycles. The molecule has 1 aromatic carbocycles. The van der Waals surface area contributed by atoms with Crippen molar-refractivity contribution in [3.63, 3.8) is 0 Å². The van der Waals surface area contributed by atoms with Gasteiger partial charge in [-0.25, -0.2) is 15.2 Å². The zero-order valence-electron chi connectivity index (χ0n) is 22.1. The van der Waals surface area contributed by atoms with E-state index in [-0.39, 0.29) is 11.9 Å². The van der Waals surface area contributed by atoms with Crippen LogP contribution in [0.25, 0.3) is 0 Å². The smallest absolute Gasteiger partial charge is 0.348 e. The maximum atomic E-state index is 12.4. The molecule has 1 atom stereocenters. The van der Waals surface area contributed by atoms with Crippen LogP contribution in [0.15, 0.2) is 36.4 Å². The Hall–Kier alpha value is -2.30. The Labute approximate surface area is 224 Å². The Morgan fingerprint density at radius 1 is 1.14 bits per heavy atom. The van der Waals surface area contributed by atoms with E-state index < -0.39 is 6.10 Å². The van der Waals surface area contributed by atoms with Gasteiger partial charge in [-0.1, -0.05) is 38.3 Å². The van der Waals surface area contributed by atoms with Gasteiger partial charge in [0.2, 0.25) is 5.91 Å². The number of anilines is 1. The molecule has 1 saturated heterocycles. The Kier molecular flexibility index (Phi) is 12.5. The number of carbonyl (C=O) groups is 2. The molecule has 37 heavy (non-hydrogen) atoms. The van der Waals surface area contributed by atoms with Crippen molar-refractivity contribution in [2.75, 3.05) is 51.0 Å². The van der Waals surface area contributed by atoms with Crippen LogP contribution in [0.3, 0.4) is 0 Å². The second-order valence-corrected chi connectivity index (χ2v) is 10.5. The molecular weight excluding hydrogens is 490 g/mol. The third-order valence-corrected chi connectivity index (χ3v) is 7.53. The maximum Gasteiger partial charge on any atom is 0.348 e. The number of benzene rings is 1. The number of morpholine rings is 1. The van der Waals surface area contributed by atoms with Crippen molar-refractivity contribution >= 4 is 28.9 Å². The number of carbonyl (C=O) groups excluding carboxylic acids is 2. The first-order valence-electron chi connectivity index (χ1n) is 13.4. The summed E-state index contributed by atoms with van der Waals surface area (Å²) < 4.78 is 10.8. The minimum Gasteiger partial charge on any atom is -0.460 e. The largest absolute Gasteiger partial charge is 0.460 e. The highest BCUT2D eigenvalue weighted by Gasteiger charge is 2.15. The van der Waals surface area contributed by atoms with E-state index in [2.05, 4.69) is 17.2 Å². The lowest BCUT2D eigenvalue weighted by molar-refractivity contribution is -0.117. The van der Waals surface area contributed by atoms with E-state index in [1.165, 1.54) is 18.3 Å². The third-order valence-electron chi connectivity index (χ3n) is 6.41. The number of hydrogen-bond acceptors (Lipinski definition) is 8. The molecule has 8 nitrogen and oxygen atoms in total. The standard InChI is InChI=1S/C28H41N3O5S/c1-3-4-5-8-26(33)23-9-11-24(12-10-23)31(22(2)32)29-15-6-7-25-13-14-27(37-25)28(34)36-21-18-30-16-19-35-20-17-30/h9-14,26,29,33H,3-8,15-21H2,1-2H3. The summed E-state index contributed by atoms with van der Waals surface area (Å²) in [5.74, 6) is -0.376. The number of rotatable bonds is 15. The van der Waals surface area contributed by atoms with Crippen LogP contribution in [-0.2, 0) is 20.7 Å². The molecule has 0 bridgehead atoms. The number of amides is 1. The van der Waals surface area contributed by atoms with Crippen LogP contribution in [0.4, 0.5) is 5.69 Å². The lowest BCUT2D eigenvalue weighted by Crippen LogP contribution is -2.42. The van der Waals surface area contributed by atoms with E-state index in [4.69, 9.17) is 9.47 Å². The summed E-state index contributed by atoms with van der Waals surface area (Å²) in [5, 5.41) is 11.9. The summed E-state index contributed by atoms with van der Waals surface area (Å²) in [5.41, 5.74) is 4.82. The summed E-state index contributed by atoms with van der Waals surface area (Å²) in [7, 11) is 0. The summed E-state index contributed by atoms with van der Waals surface area (Å²) in [6.45, 7) is 8.62. The first-order valence-corrected chi connectivity index (χ1v) is 14.2. The average Bonchev–Trinajstić information content (AvgIpc) is 3.38. The van der Waals surface area contributed by atoms with E-state index in [0.717, 1.165) is 87.5 Å². The van der Waals surface area contributed by atoms with Gasteiger partial charge < -0.3 is 14.6 Å². The summed E-state index contributed by atoms with van der Waals surface area (Å²) in [4.78, 5) is 28.5. The van der Waals surface area contributed by atoms with Crippen molar-refractivity contribution in [3.8, 4) is 0 Å². The van der Waals surface area contributed by atoms with Crippen molar-refractivity contribution in [2.24, 2.45) is 0 Å². The number of aliphatic hydroxyl groups excluding tert-OH is 1. The second-order valence-electron chi connectivity index (χ2n) is 9.33. The molecule has 0 aliphatic carbocycles. The van der Waals surface area contributed by atoms with E-state index in [1.807, 2.05) is 36.4 Å². The average molecular weight is 532 g/mol. The SMILES string of the molecule is CCCCCC(O)c1ccc(N(NCCCc2ccc(C(=O)OCCN3CCOCC3)s2)C(C)=O)cc1. The van der Waals surface area contributed by atoms with Crippen LogP contribution in [0.1, 0.15) is 72.2 Å². The molecule has 2 aromatic rings. The quantitative estimate of drug-likeness (QED) is 0.201. The first kappa shape index (κ1) is 29.3. The molecule has 2 N–H and O–H groups in total. The predicted molar refractivity (Wildman–Crippen MR) is 147 cm³/mol. The minimum atomic E-state index is -0.475. The summed E-state index contributed by atoms with van der Waals surface area (Å²) >= 11 is 1.46. The number of unbranched alkanes of at least 4 members (excludes halogenated alkanes) is 2. The van der Waals surface area contributed by atoms with E-state index in [0.29, 0.717) is 18.0 Å². The molecule has 0 radical (unpaired) electrons. The highest BCUT2D eigenvalue weighted by Crippen LogP contribution is 2.23. The normalized spacial score (nSPS) is 14.9. The summed E-state index contributed by atoms with van der Waals surface area (Å²) in [6.07, 6.45) is 5.12. The number of esters is 1. The fourth-order valence-electron chi connectivity index (χ4n) is 4.22. The van der Waals surface area contributed by atoms with Crippen molar-refractivity contribution in [1.82, 2.24) is 10.3 Å². The Bertz CT molecular complexity index is 959. The van der Waals surface area contributed by atoms with Gasteiger partial charge in [-0.3, -0.25) is 9.69 Å². The number of hydrogen-bond donors (Lipinski definition) is 2. The topological polar surface area (TPSA) is 91.3 Å². The molecule has 3 rings (SSSR count). The van der Waals surface area contributed by atoms with Crippen molar-refractivity contribution in [2.45, 2.75) is 58.5 Å². The highest BCUT2D eigenvalue weighted by molar-refractivity contribution is 7.13. The Balaban J connectivity index is 1.39. The lowest BCUT2D eigenvalue weighted by Gasteiger charge is -2.26. The Morgan fingerprint density at radius 3 is 2.59 bits per heavy atom. The van der Waals surface area contributed by atoms with Crippen molar-refractivity contribution in [3.05, 3.63) is 51.7 Å². The highest BCUT2D eigenvalue weighted by atomic mass is 32.1. The molecule has 0 saturated carbocycles. The predicted octanol–water partition coefficient (Wildman–Crippen LogP) is 4.34. The van der Waals surface area contributed by atoms with Crippen molar-refractivity contribution < 1.29 is 24.2 Å². The molecular formula is C28H41N3O5S. The molecule has 1 aliphatic heterocycles. The molecule has 1 unspecified atom stereocenters. The zero-order chi connectivity index (χ0) is 26.5. The molecule has 1 fully saturated rings. The van der Waals surface area contributed by atoms with Crippen LogP contribution in [0, 0.1) is 0 Å². The van der Waals surface area contributed by atoms with E-state index in [9.17, 15) is 14.7 Å². The van der Waals surface area contributed by atoms with Crippen molar-refractivity contribution in [1.29, 1.82) is 0 Å². The van der Waals surface area contributed by atoms with E-state index in [1.54, 1.807) is 5.01 Å². The zero-order valence-corrected chi connectivity index (χ0v) is 22.9. The monoisotopic (exact) mass is 531 g/mol. The van der Waals surface area contributed by atoms with Gasteiger partial charge in [0.25, 0.3) is 0 Å². The fraction of sp³-hybridized carbons (Fsp3) is 0.571. The van der Waals surface area contributed by atoms with Crippen LogP contribution in [0.5, 0.6) is 0 Å². The number of hydrazine groups is 1. The van der Waals surface area contributed by atoms with Crippen LogP contribution in [0.2, 0.25) is 0 Å². The fourth-order valence-corrected chi connectivity index (χ4v) is 5.17. The summed E-state index contributed by atoms with van der Waals surface area (Å²) in [6, 6.07) is 11.3. The number of nitrogens with one attached hydrogen (secondary N) is 1. The Morgan fingerprint density at radius 2 is 1.89 bits per heavy atom. The molecule has 1 aliphatic rings. The van der Waals surface area contributed by atoms with Gasteiger partial charge in [0.15, 0.2) is 0 Å². The molecule has 2 heterocycles. The van der Waals surface area contributed by atoms with Gasteiger partial charge in [0, 0.05) is 38.0 Å². The van der Waals surface area contributed by atoms with Gasteiger partial charge >= 0.3 is 5.97 Å². The van der Waals surface area contributed by atoms with Crippen LogP contribution in [-0.4, -0.2) is 67.9 Å². The molecule has 9 heteroatoms. The maximum absolute atomic E-state index is 12.4. The van der Waals surface area contributed by atoms with Crippen LogP contribution < -0.4 is 10.4 Å². The molecule has 1 amide bonds. The van der Waals surface area contributed by atoms with Gasteiger partial charge in [-0.2, -0.15) is 0 Å². The molecule has 204 valence electrons. The van der Waals surface area contributed by atoms with Gasteiger partial charge in [0.1, 0.15) is 11.5 Å². The second kappa shape index (κ2) is 15.8. The van der Waals surface area contributed by atoms with Gasteiger partial charge in [-0.05, 0) is 49.1 Å². The lowest BCUT2D eigenvalue weighted by atomic mass is 10.0. The number of ether oxygens (including phenoxy) is 2. The third kappa shape index (κ3) is 9.83. The van der Waals surface area contributed by atoms with E-state index >= 15 is 0 Å². The van der Waals surface area contributed by atoms with Crippen LogP contribution >= 0.6 is 11.3 Å². The number of thiophene rings is 1. The minimum absolute atomic E-state index is 0.102. The first-order chi connectivity index (χ1) is 18.0. The van der Waals surface area contributed by atoms with Gasteiger partial charge in [0.05, 0.1) is 25.0 Å². The number of nitrogens with zero attached hydrogens (tertiary/aromatic N) is 2. The van der Waals surface area contributed by atoms with Gasteiger partial charge in [-0.15, -0.1) is 11.3 Å². The number of aryl methyl sites for hydroxylation is 1. The molecule has 0 spiro atoms.